The van der Waals surface area contributed by atoms with Gasteiger partial charge in [0.1, 0.15) is 0 Å². The third kappa shape index (κ3) is 2.99. The van der Waals surface area contributed by atoms with Gasteiger partial charge in [-0.3, -0.25) is 0 Å². The number of likely N-dealkylation sites (N-methyl/N-ethyl adjacent to an activating group) is 1. The second kappa shape index (κ2) is 4.46. The Morgan fingerprint density at radius 3 is 3.09 bits per heavy atom. The van der Waals surface area contributed by atoms with Gasteiger partial charge in [-0.05, 0) is 13.5 Å². The fourth-order valence-corrected chi connectivity index (χ4v) is 1.64. The van der Waals surface area contributed by atoms with Crippen molar-refractivity contribution in [2.45, 2.75) is 26.3 Å². The Kier molecular flexibility index (Phi) is 3.52. The molecule has 1 heterocycles. The fraction of sp³-hybridized carbons (Fsp3) is 0.625. The molecule has 0 bridgehead atoms. The zero-order valence-electron chi connectivity index (χ0n) is 7.00. The molecule has 0 saturated heterocycles. The lowest BCUT2D eigenvalue weighted by atomic mass is 10.2. The summed E-state index contributed by atoms with van der Waals surface area (Å²) in [6.45, 7) is 5.34. The number of nitrogens with zero attached hydrogens (tertiary/aromatic N) is 1. The lowest BCUT2D eigenvalue weighted by molar-refractivity contribution is 0.560. The van der Waals surface area contributed by atoms with E-state index in [4.69, 9.17) is 0 Å². The highest BCUT2D eigenvalue weighted by Gasteiger charge is 2.01. The van der Waals surface area contributed by atoms with E-state index < -0.39 is 0 Å². The Bertz CT molecular complexity index is 184. The fourth-order valence-electron chi connectivity index (χ4n) is 1.07. The first-order valence-corrected chi connectivity index (χ1v) is 4.87. The second-order valence-corrected chi connectivity index (χ2v) is 3.36. The smallest absolute Gasteiger partial charge is 0.0794 e. The van der Waals surface area contributed by atoms with Gasteiger partial charge in [-0.25, -0.2) is 4.98 Å². The number of hydrogen-bond acceptors (Lipinski definition) is 3. The SMILES string of the molecule is CCNC(C)Cc1cscn1. The summed E-state index contributed by atoms with van der Waals surface area (Å²) in [6, 6.07) is 0.544. The molecule has 0 saturated carbocycles. The maximum Gasteiger partial charge on any atom is 0.0794 e. The minimum absolute atomic E-state index is 0.544. The van der Waals surface area contributed by atoms with Crippen molar-refractivity contribution in [3.63, 3.8) is 0 Å². The average molecular weight is 170 g/mol. The molecule has 0 aromatic carbocycles. The molecule has 0 radical (unpaired) electrons. The van der Waals surface area contributed by atoms with E-state index in [-0.39, 0.29) is 0 Å². The Morgan fingerprint density at radius 1 is 1.73 bits per heavy atom. The maximum atomic E-state index is 4.22. The molecule has 0 amide bonds. The molecule has 0 aliphatic rings. The molecule has 0 fully saturated rings. The highest BCUT2D eigenvalue weighted by atomic mass is 32.1. The summed E-state index contributed by atoms with van der Waals surface area (Å²) < 4.78 is 0. The molecule has 1 aromatic rings. The summed E-state index contributed by atoms with van der Waals surface area (Å²) in [4.78, 5) is 4.22. The Morgan fingerprint density at radius 2 is 2.55 bits per heavy atom. The lowest BCUT2D eigenvalue weighted by Crippen LogP contribution is -2.27. The van der Waals surface area contributed by atoms with Crippen LogP contribution in [0.3, 0.4) is 0 Å². The van der Waals surface area contributed by atoms with Crippen LogP contribution in [0.4, 0.5) is 0 Å². The summed E-state index contributed by atoms with van der Waals surface area (Å²) >= 11 is 1.66. The highest BCUT2D eigenvalue weighted by Crippen LogP contribution is 2.03. The van der Waals surface area contributed by atoms with Crippen LogP contribution in [0, 0.1) is 0 Å². The van der Waals surface area contributed by atoms with Gasteiger partial charge in [-0.1, -0.05) is 6.92 Å². The van der Waals surface area contributed by atoms with Gasteiger partial charge in [0.2, 0.25) is 0 Å². The van der Waals surface area contributed by atoms with Gasteiger partial charge in [0, 0.05) is 17.8 Å². The minimum atomic E-state index is 0.544. The van der Waals surface area contributed by atoms with E-state index in [0.717, 1.165) is 13.0 Å². The molecule has 0 aliphatic heterocycles. The first kappa shape index (κ1) is 8.68. The van der Waals surface area contributed by atoms with Gasteiger partial charge in [-0.15, -0.1) is 11.3 Å². The number of rotatable bonds is 4. The third-order valence-electron chi connectivity index (χ3n) is 1.55. The molecule has 1 N–H and O–H groups in total. The van der Waals surface area contributed by atoms with Crippen LogP contribution in [0.1, 0.15) is 19.5 Å². The molecule has 2 nitrogen and oxygen atoms in total. The first-order valence-electron chi connectivity index (χ1n) is 3.93. The van der Waals surface area contributed by atoms with Crippen molar-refractivity contribution in [2.75, 3.05) is 6.54 Å². The van der Waals surface area contributed by atoms with E-state index in [9.17, 15) is 0 Å². The van der Waals surface area contributed by atoms with Crippen LogP contribution in [-0.2, 0) is 6.42 Å². The minimum Gasteiger partial charge on any atom is -0.314 e. The lowest BCUT2D eigenvalue weighted by Gasteiger charge is -2.09. The second-order valence-electron chi connectivity index (χ2n) is 2.64. The van der Waals surface area contributed by atoms with Crippen LogP contribution in [0.25, 0.3) is 0 Å². The van der Waals surface area contributed by atoms with Crippen molar-refractivity contribution in [1.82, 2.24) is 10.3 Å². The monoisotopic (exact) mass is 170 g/mol. The van der Waals surface area contributed by atoms with Gasteiger partial charge >= 0.3 is 0 Å². The van der Waals surface area contributed by atoms with Crippen molar-refractivity contribution in [3.05, 3.63) is 16.6 Å². The molecule has 0 spiro atoms. The predicted octanol–water partition coefficient (Wildman–Crippen LogP) is 1.68. The van der Waals surface area contributed by atoms with Crippen LogP contribution >= 0.6 is 11.3 Å². The van der Waals surface area contributed by atoms with E-state index in [1.54, 1.807) is 11.3 Å². The molecule has 0 aliphatic carbocycles. The van der Waals surface area contributed by atoms with Crippen molar-refractivity contribution in [2.24, 2.45) is 0 Å². The number of nitrogens with one attached hydrogen (secondary N) is 1. The quantitative estimate of drug-likeness (QED) is 0.743. The molecule has 1 aromatic heterocycles. The van der Waals surface area contributed by atoms with Crippen molar-refractivity contribution >= 4 is 11.3 Å². The normalized spacial score (nSPS) is 13.3. The van der Waals surface area contributed by atoms with Crippen LogP contribution in [0.5, 0.6) is 0 Å². The molecule has 1 atom stereocenters. The van der Waals surface area contributed by atoms with E-state index in [1.807, 2.05) is 5.51 Å². The topological polar surface area (TPSA) is 24.9 Å². The number of aromatic nitrogens is 1. The number of hydrogen-bond donors (Lipinski definition) is 1. The summed E-state index contributed by atoms with van der Waals surface area (Å²) in [5.41, 5.74) is 3.08. The van der Waals surface area contributed by atoms with Crippen LogP contribution in [-0.4, -0.2) is 17.6 Å². The summed E-state index contributed by atoms with van der Waals surface area (Å²) in [7, 11) is 0. The van der Waals surface area contributed by atoms with E-state index in [2.05, 4.69) is 29.5 Å². The van der Waals surface area contributed by atoms with E-state index in [0.29, 0.717) is 6.04 Å². The van der Waals surface area contributed by atoms with Crippen LogP contribution < -0.4 is 5.32 Å². The standard InChI is InChI=1S/C8H14N2S/c1-3-9-7(2)4-8-5-11-6-10-8/h5-7,9H,3-4H2,1-2H3. The average Bonchev–Trinajstić information content (AvgIpc) is 2.40. The predicted molar refractivity (Wildman–Crippen MR) is 49.0 cm³/mol. The van der Waals surface area contributed by atoms with E-state index >= 15 is 0 Å². The molecule has 3 heteroatoms. The molecule has 1 rings (SSSR count). The van der Waals surface area contributed by atoms with Gasteiger partial charge in [0.05, 0.1) is 11.2 Å². The van der Waals surface area contributed by atoms with Crippen LogP contribution in [0.15, 0.2) is 10.9 Å². The van der Waals surface area contributed by atoms with E-state index in [1.165, 1.54) is 5.69 Å². The maximum absolute atomic E-state index is 4.22. The largest absolute Gasteiger partial charge is 0.314 e. The van der Waals surface area contributed by atoms with Gasteiger partial charge < -0.3 is 5.32 Å². The zero-order valence-corrected chi connectivity index (χ0v) is 7.82. The molecule has 1 unspecified atom stereocenters. The Hall–Kier alpha value is -0.410. The Balaban J connectivity index is 2.31. The molecular formula is C8H14N2S. The summed E-state index contributed by atoms with van der Waals surface area (Å²) in [6.07, 6.45) is 1.04. The van der Waals surface area contributed by atoms with Gasteiger partial charge in [0.15, 0.2) is 0 Å². The van der Waals surface area contributed by atoms with Gasteiger partial charge in [-0.2, -0.15) is 0 Å². The van der Waals surface area contributed by atoms with Crippen molar-refractivity contribution in [3.8, 4) is 0 Å². The molecular weight excluding hydrogens is 156 g/mol. The third-order valence-corrected chi connectivity index (χ3v) is 2.19. The highest BCUT2D eigenvalue weighted by molar-refractivity contribution is 7.07. The molecule has 11 heavy (non-hydrogen) atoms. The van der Waals surface area contributed by atoms with Crippen molar-refractivity contribution < 1.29 is 0 Å². The van der Waals surface area contributed by atoms with Gasteiger partial charge in [0.25, 0.3) is 0 Å². The summed E-state index contributed by atoms with van der Waals surface area (Å²) in [5.74, 6) is 0. The first-order chi connectivity index (χ1) is 5.33. The number of thiazole rings is 1. The van der Waals surface area contributed by atoms with Crippen LogP contribution in [0.2, 0.25) is 0 Å². The Labute approximate surface area is 71.7 Å². The summed E-state index contributed by atoms with van der Waals surface area (Å²) in [5, 5.41) is 5.45. The zero-order chi connectivity index (χ0) is 8.10. The molecule has 62 valence electrons. The van der Waals surface area contributed by atoms with Crippen molar-refractivity contribution in [1.29, 1.82) is 0 Å².